The van der Waals surface area contributed by atoms with Crippen molar-refractivity contribution in [1.29, 1.82) is 5.26 Å². The van der Waals surface area contributed by atoms with Gasteiger partial charge in [0, 0.05) is 16.5 Å². The molecule has 1 N–H and O–H groups in total. The molecule has 1 aromatic carbocycles. The molecule has 14 heavy (non-hydrogen) atoms. The van der Waals surface area contributed by atoms with Gasteiger partial charge in [0.2, 0.25) is 0 Å². The second kappa shape index (κ2) is 3.17. The number of fused-ring (bicyclic) bond motifs is 1. The van der Waals surface area contributed by atoms with Gasteiger partial charge in [-0.25, -0.2) is 0 Å². The number of nitrogens with one attached hydrogen (secondary N) is 1. The molecule has 0 unspecified atom stereocenters. The molecular weight excluding hydrogens is 200 g/mol. The Morgan fingerprint density at radius 1 is 1.36 bits per heavy atom. The molecule has 1 heterocycles. The molecule has 1 aromatic heterocycles. The topological polar surface area (TPSA) is 56.6 Å². The first-order chi connectivity index (χ1) is 6.70. The van der Waals surface area contributed by atoms with Crippen LogP contribution in [0.4, 0.5) is 0 Å². The molecule has 0 aliphatic carbocycles. The summed E-state index contributed by atoms with van der Waals surface area (Å²) in [5.41, 5.74) is 0.682. The number of benzene rings is 1. The molecule has 0 atom stereocenters. The van der Waals surface area contributed by atoms with Crippen molar-refractivity contribution in [2.45, 2.75) is 0 Å². The maximum Gasteiger partial charge on any atom is 0.190 e. The predicted octanol–water partition coefficient (Wildman–Crippen LogP) is 2.05. The maximum atomic E-state index is 11.5. The van der Waals surface area contributed by atoms with Crippen LogP contribution < -0.4 is 5.43 Å². The van der Waals surface area contributed by atoms with Crippen LogP contribution in [0.1, 0.15) is 5.69 Å². The summed E-state index contributed by atoms with van der Waals surface area (Å²) in [6.07, 6.45) is 0. The maximum absolute atomic E-state index is 11.5. The summed E-state index contributed by atoms with van der Waals surface area (Å²) in [5, 5.41) is 9.63. The van der Waals surface area contributed by atoms with Crippen LogP contribution in [0, 0.1) is 11.3 Å². The molecule has 0 aliphatic rings. The molecule has 4 heteroatoms. The lowest BCUT2D eigenvalue weighted by atomic mass is 10.2. The summed E-state index contributed by atoms with van der Waals surface area (Å²) in [6, 6.07) is 8.08. The SMILES string of the molecule is N#Cc1cc(=O)c2cc(Cl)ccc2[nH]1. The third kappa shape index (κ3) is 1.36. The van der Waals surface area contributed by atoms with Gasteiger partial charge in [-0.05, 0) is 18.2 Å². The van der Waals surface area contributed by atoms with E-state index in [1.807, 2.05) is 6.07 Å². The zero-order valence-electron chi connectivity index (χ0n) is 7.04. The fourth-order valence-corrected chi connectivity index (χ4v) is 1.45. The monoisotopic (exact) mass is 204 g/mol. The van der Waals surface area contributed by atoms with Crippen LogP contribution in [0.5, 0.6) is 0 Å². The molecule has 0 bridgehead atoms. The highest BCUT2D eigenvalue weighted by Gasteiger charge is 2.01. The van der Waals surface area contributed by atoms with Gasteiger partial charge >= 0.3 is 0 Å². The van der Waals surface area contributed by atoms with Crippen molar-refractivity contribution in [2.24, 2.45) is 0 Å². The number of pyridine rings is 1. The largest absolute Gasteiger partial charge is 0.346 e. The Bertz CT molecular complexity index is 595. The molecule has 0 amide bonds. The van der Waals surface area contributed by atoms with Crippen LogP contribution in [-0.4, -0.2) is 4.98 Å². The average Bonchev–Trinajstić information content (AvgIpc) is 2.19. The van der Waals surface area contributed by atoms with Crippen molar-refractivity contribution in [2.75, 3.05) is 0 Å². The highest BCUT2D eigenvalue weighted by molar-refractivity contribution is 6.31. The van der Waals surface area contributed by atoms with E-state index in [2.05, 4.69) is 4.98 Å². The van der Waals surface area contributed by atoms with Gasteiger partial charge in [0.1, 0.15) is 11.8 Å². The van der Waals surface area contributed by atoms with Gasteiger partial charge in [-0.15, -0.1) is 0 Å². The number of hydrogen-bond donors (Lipinski definition) is 1. The Morgan fingerprint density at radius 3 is 2.86 bits per heavy atom. The molecule has 0 saturated heterocycles. The van der Waals surface area contributed by atoms with Gasteiger partial charge in [-0.3, -0.25) is 4.79 Å². The first kappa shape index (κ1) is 8.79. The minimum Gasteiger partial charge on any atom is -0.346 e. The second-order valence-electron chi connectivity index (χ2n) is 2.85. The molecule has 68 valence electrons. The van der Waals surface area contributed by atoms with E-state index in [-0.39, 0.29) is 11.1 Å². The van der Waals surface area contributed by atoms with Gasteiger partial charge in [-0.2, -0.15) is 5.26 Å². The summed E-state index contributed by atoms with van der Waals surface area (Å²) in [7, 11) is 0. The van der Waals surface area contributed by atoms with Crippen LogP contribution in [0.2, 0.25) is 5.02 Å². The van der Waals surface area contributed by atoms with E-state index in [1.165, 1.54) is 6.07 Å². The van der Waals surface area contributed by atoms with E-state index in [4.69, 9.17) is 16.9 Å². The van der Waals surface area contributed by atoms with Crippen molar-refractivity contribution in [3.63, 3.8) is 0 Å². The number of aromatic nitrogens is 1. The predicted molar refractivity (Wildman–Crippen MR) is 54.3 cm³/mol. The number of nitriles is 1. The number of hydrogen-bond acceptors (Lipinski definition) is 2. The van der Waals surface area contributed by atoms with Crippen LogP contribution in [0.15, 0.2) is 29.1 Å². The molecular formula is C10H5ClN2O. The number of aromatic amines is 1. The number of rotatable bonds is 0. The zero-order valence-corrected chi connectivity index (χ0v) is 7.80. The van der Waals surface area contributed by atoms with Crippen LogP contribution >= 0.6 is 11.6 Å². The first-order valence-corrected chi connectivity index (χ1v) is 4.31. The quantitative estimate of drug-likeness (QED) is 0.714. The Kier molecular flexibility index (Phi) is 1.99. The minimum absolute atomic E-state index is 0.196. The molecule has 0 saturated carbocycles. The van der Waals surface area contributed by atoms with E-state index < -0.39 is 0 Å². The fourth-order valence-electron chi connectivity index (χ4n) is 1.28. The summed E-state index contributed by atoms with van der Waals surface area (Å²) < 4.78 is 0. The number of H-pyrrole nitrogens is 1. The summed E-state index contributed by atoms with van der Waals surface area (Å²) in [6.45, 7) is 0. The third-order valence-corrected chi connectivity index (χ3v) is 2.15. The summed E-state index contributed by atoms with van der Waals surface area (Å²) in [5.74, 6) is 0. The van der Waals surface area contributed by atoms with E-state index >= 15 is 0 Å². The Labute approximate surface area is 84.6 Å². The minimum atomic E-state index is -0.196. The van der Waals surface area contributed by atoms with Crippen molar-refractivity contribution >= 4 is 22.5 Å². The summed E-state index contributed by atoms with van der Waals surface area (Å²) >= 11 is 5.75. The molecule has 2 rings (SSSR count). The van der Waals surface area contributed by atoms with Gasteiger partial charge in [0.15, 0.2) is 5.43 Å². The normalized spacial score (nSPS) is 10.0. The summed E-state index contributed by atoms with van der Waals surface area (Å²) in [4.78, 5) is 14.3. The average molecular weight is 205 g/mol. The van der Waals surface area contributed by atoms with Gasteiger partial charge in [0.25, 0.3) is 0 Å². The number of nitrogens with zero attached hydrogens (tertiary/aromatic N) is 1. The molecule has 0 radical (unpaired) electrons. The third-order valence-electron chi connectivity index (χ3n) is 1.91. The van der Waals surface area contributed by atoms with Crippen molar-refractivity contribution < 1.29 is 0 Å². The lowest BCUT2D eigenvalue weighted by Gasteiger charge is -1.98. The molecule has 2 aromatic rings. The molecule has 0 spiro atoms. The Hall–Kier alpha value is -1.79. The van der Waals surface area contributed by atoms with Crippen molar-refractivity contribution in [1.82, 2.24) is 4.98 Å². The Morgan fingerprint density at radius 2 is 2.14 bits per heavy atom. The second-order valence-corrected chi connectivity index (χ2v) is 3.29. The molecule has 3 nitrogen and oxygen atoms in total. The van der Waals surface area contributed by atoms with Gasteiger partial charge < -0.3 is 4.98 Å². The first-order valence-electron chi connectivity index (χ1n) is 3.93. The van der Waals surface area contributed by atoms with Crippen LogP contribution in [-0.2, 0) is 0 Å². The molecule has 0 aliphatic heterocycles. The van der Waals surface area contributed by atoms with Crippen LogP contribution in [0.3, 0.4) is 0 Å². The van der Waals surface area contributed by atoms with E-state index in [0.29, 0.717) is 15.9 Å². The lowest BCUT2D eigenvalue weighted by molar-refractivity contribution is 1.31. The van der Waals surface area contributed by atoms with Crippen molar-refractivity contribution in [3.8, 4) is 6.07 Å². The highest BCUT2D eigenvalue weighted by Crippen LogP contribution is 2.14. The van der Waals surface area contributed by atoms with E-state index in [0.717, 1.165) is 0 Å². The standard InChI is InChI=1S/C10H5ClN2O/c11-6-1-2-9-8(3-6)10(14)4-7(5-12)13-9/h1-4H,(H,13,14). The van der Waals surface area contributed by atoms with Crippen LogP contribution in [0.25, 0.3) is 10.9 Å². The van der Waals surface area contributed by atoms with Crippen molar-refractivity contribution in [3.05, 3.63) is 45.2 Å². The number of halogens is 1. The fraction of sp³-hybridized carbons (Fsp3) is 0. The van der Waals surface area contributed by atoms with Gasteiger partial charge in [-0.1, -0.05) is 11.6 Å². The lowest BCUT2D eigenvalue weighted by Crippen LogP contribution is -2.02. The molecule has 0 fully saturated rings. The Balaban J connectivity index is 2.92. The zero-order chi connectivity index (χ0) is 10.1. The van der Waals surface area contributed by atoms with E-state index in [9.17, 15) is 4.79 Å². The van der Waals surface area contributed by atoms with Gasteiger partial charge in [0.05, 0.1) is 5.52 Å². The van der Waals surface area contributed by atoms with E-state index in [1.54, 1.807) is 18.2 Å². The highest BCUT2D eigenvalue weighted by atomic mass is 35.5. The smallest absolute Gasteiger partial charge is 0.190 e.